The number of nitrogens with one attached hydrogen (secondary N) is 2. The Bertz CT molecular complexity index is 933. The van der Waals surface area contributed by atoms with Crippen LogP contribution >= 0.6 is 24.8 Å². The van der Waals surface area contributed by atoms with Crippen molar-refractivity contribution in [1.82, 2.24) is 19.7 Å². The van der Waals surface area contributed by atoms with Gasteiger partial charge in [-0.25, -0.2) is 9.97 Å². The molecule has 28 heavy (non-hydrogen) atoms. The van der Waals surface area contributed by atoms with Gasteiger partial charge in [-0.15, -0.1) is 24.8 Å². The third kappa shape index (κ3) is 3.72. The average Bonchev–Trinajstić information content (AvgIpc) is 3.18. The Morgan fingerprint density at radius 3 is 2.64 bits per heavy atom. The molecule has 0 bridgehead atoms. The number of imidazole rings is 1. The summed E-state index contributed by atoms with van der Waals surface area (Å²) in [6.45, 7) is 2.07. The Labute approximate surface area is 176 Å². The number of rotatable bonds is 3. The van der Waals surface area contributed by atoms with E-state index in [2.05, 4.69) is 20.6 Å². The van der Waals surface area contributed by atoms with Crippen molar-refractivity contribution in [1.29, 1.82) is 0 Å². The standard InChI is InChI=1S/C20H21N5O.2ClH/c26-18(16-12-20(16)6-9-21-10-7-20)23-15-4-2-14(3-5-15)17-13-25-11-1-8-22-19(25)24-17;;/h1-5,8,11,13,16,21H,6-7,9-10,12H2,(H,23,26);2*1H. The van der Waals surface area contributed by atoms with E-state index in [9.17, 15) is 4.79 Å². The van der Waals surface area contributed by atoms with Crippen LogP contribution in [0.2, 0.25) is 0 Å². The van der Waals surface area contributed by atoms with Crippen LogP contribution in [0.1, 0.15) is 19.3 Å². The molecule has 3 heterocycles. The average molecular weight is 420 g/mol. The van der Waals surface area contributed by atoms with Crippen LogP contribution in [0.3, 0.4) is 0 Å². The van der Waals surface area contributed by atoms with E-state index < -0.39 is 0 Å². The Morgan fingerprint density at radius 1 is 1.18 bits per heavy atom. The highest BCUT2D eigenvalue weighted by Gasteiger charge is 2.57. The zero-order valence-electron chi connectivity index (χ0n) is 15.3. The van der Waals surface area contributed by atoms with Gasteiger partial charge in [0.25, 0.3) is 0 Å². The first-order chi connectivity index (χ1) is 12.7. The second kappa shape index (κ2) is 8.07. The lowest BCUT2D eigenvalue weighted by Gasteiger charge is -2.23. The van der Waals surface area contributed by atoms with E-state index in [1.54, 1.807) is 6.20 Å². The molecule has 3 aromatic rings. The lowest BCUT2D eigenvalue weighted by atomic mass is 9.92. The molecule has 6 nitrogen and oxygen atoms in total. The highest BCUT2D eigenvalue weighted by atomic mass is 35.5. The van der Waals surface area contributed by atoms with Crippen LogP contribution in [-0.4, -0.2) is 33.4 Å². The molecule has 148 valence electrons. The molecule has 1 aliphatic heterocycles. The summed E-state index contributed by atoms with van der Waals surface area (Å²) in [4.78, 5) is 21.3. The van der Waals surface area contributed by atoms with Crippen molar-refractivity contribution >= 4 is 42.2 Å². The monoisotopic (exact) mass is 419 g/mol. The first-order valence-electron chi connectivity index (χ1n) is 9.15. The number of carbonyl (C=O) groups is 1. The molecule has 1 unspecified atom stereocenters. The predicted molar refractivity (Wildman–Crippen MR) is 114 cm³/mol. The lowest BCUT2D eigenvalue weighted by Crippen LogP contribution is -2.31. The van der Waals surface area contributed by atoms with Gasteiger partial charge in [0, 0.05) is 35.8 Å². The Hall–Kier alpha value is -2.15. The number of amides is 1. The van der Waals surface area contributed by atoms with Crippen LogP contribution < -0.4 is 10.6 Å². The zero-order chi connectivity index (χ0) is 17.6. The summed E-state index contributed by atoms with van der Waals surface area (Å²) in [7, 11) is 0. The number of fused-ring (bicyclic) bond motifs is 1. The smallest absolute Gasteiger partial charge is 0.234 e. The second-order valence-electron chi connectivity index (χ2n) is 7.39. The largest absolute Gasteiger partial charge is 0.326 e. The summed E-state index contributed by atoms with van der Waals surface area (Å²) in [5.74, 6) is 1.02. The molecule has 1 aromatic carbocycles. The van der Waals surface area contributed by atoms with Crippen LogP contribution in [0, 0.1) is 11.3 Å². The Balaban J connectivity index is 0.00000112. The third-order valence-electron chi connectivity index (χ3n) is 5.79. The van der Waals surface area contributed by atoms with Gasteiger partial charge in [-0.3, -0.25) is 9.20 Å². The van der Waals surface area contributed by atoms with E-state index in [1.807, 2.05) is 47.1 Å². The number of carbonyl (C=O) groups excluding carboxylic acids is 1. The molecule has 1 amide bonds. The minimum absolute atomic E-state index is 0. The number of anilines is 1. The number of hydrogen-bond acceptors (Lipinski definition) is 4. The normalized spacial score (nSPS) is 19.5. The molecule has 2 aliphatic rings. The number of halogens is 2. The third-order valence-corrected chi connectivity index (χ3v) is 5.79. The molecule has 2 N–H and O–H groups in total. The van der Waals surface area contributed by atoms with Crippen molar-refractivity contribution < 1.29 is 4.79 Å². The van der Waals surface area contributed by atoms with Crippen molar-refractivity contribution in [2.75, 3.05) is 18.4 Å². The minimum atomic E-state index is 0. The van der Waals surface area contributed by atoms with Gasteiger partial charge in [0.05, 0.1) is 5.69 Å². The molecular weight excluding hydrogens is 397 g/mol. The van der Waals surface area contributed by atoms with Gasteiger partial charge in [0.15, 0.2) is 0 Å². The van der Waals surface area contributed by atoms with Crippen molar-refractivity contribution in [3.05, 3.63) is 48.9 Å². The molecule has 2 fully saturated rings. The first kappa shape index (κ1) is 20.6. The number of piperidine rings is 1. The fourth-order valence-corrected chi connectivity index (χ4v) is 4.12. The fraction of sp³-hybridized carbons (Fsp3) is 0.350. The summed E-state index contributed by atoms with van der Waals surface area (Å²) in [6.07, 6.45) is 8.89. The second-order valence-corrected chi connectivity index (χ2v) is 7.39. The quantitative estimate of drug-likeness (QED) is 0.680. The van der Waals surface area contributed by atoms with E-state index in [-0.39, 0.29) is 42.1 Å². The van der Waals surface area contributed by atoms with Crippen LogP contribution in [0.4, 0.5) is 5.69 Å². The van der Waals surface area contributed by atoms with Gasteiger partial charge >= 0.3 is 0 Å². The summed E-state index contributed by atoms with van der Waals surface area (Å²) in [6, 6.07) is 9.75. The molecule has 5 rings (SSSR count). The van der Waals surface area contributed by atoms with Gasteiger partial charge in [-0.1, -0.05) is 12.1 Å². The molecule has 1 saturated carbocycles. The van der Waals surface area contributed by atoms with Gasteiger partial charge in [0.2, 0.25) is 11.7 Å². The van der Waals surface area contributed by atoms with Crippen molar-refractivity contribution in [2.24, 2.45) is 11.3 Å². The summed E-state index contributed by atoms with van der Waals surface area (Å²) < 4.78 is 1.90. The zero-order valence-corrected chi connectivity index (χ0v) is 16.9. The summed E-state index contributed by atoms with van der Waals surface area (Å²) in [5.41, 5.74) is 2.99. The maximum atomic E-state index is 12.6. The van der Waals surface area contributed by atoms with Crippen LogP contribution in [0.25, 0.3) is 17.0 Å². The van der Waals surface area contributed by atoms with Crippen molar-refractivity contribution in [2.45, 2.75) is 19.3 Å². The van der Waals surface area contributed by atoms with Crippen molar-refractivity contribution in [3.63, 3.8) is 0 Å². The molecule has 2 aromatic heterocycles. The first-order valence-corrected chi connectivity index (χ1v) is 9.15. The van der Waals surface area contributed by atoms with Gasteiger partial charge in [0.1, 0.15) is 0 Å². The molecule has 8 heteroatoms. The van der Waals surface area contributed by atoms with Crippen LogP contribution in [0.15, 0.2) is 48.9 Å². The van der Waals surface area contributed by atoms with Gasteiger partial charge < -0.3 is 10.6 Å². The molecule has 1 aliphatic carbocycles. The number of hydrogen-bond donors (Lipinski definition) is 2. The summed E-state index contributed by atoms with van der Waals surface area (Å²) in [5, 5.41) is 6.46. The van der Waals surface area contributed by atoms with Gasteiger partial charge in [-0.05, 0) is 56.0 Å². The molecule has 1 spiro atoms. The summed E-state index contributed by atoms with van der Waals surface area (Å²) >= 11 is 0. The topological polar surface area (TPSA) is 71.3 Å². The van der Waals surface area contributed by atoms with E-state index in [0.717, 1.165) is 49.3 Å². The molecule has 0 radical (unpaired) electrons. The van der Waals surface area contributed by atoms with Crippen LogP contribution in [0.5, 0.6) is 0 Å². The van der Waals surface area contributed by atoms with Crippen LogP contribution in [-0.2, 0) is 4.79 Å². The SMILES string of the molecule is Cl.Cl.O=C(Nc1ccc(-c2cn3cccnc3n2)cc1)C1CC12CCNCC2. The number of aromatic nitrogens is 3. The molecular formula is C20H23Cl2N5O. The highest BCUT2D eigenvalue weighted by Crippen LogP contribution is 2.58. The number of benzene rings is 1. The maximum absolute atomic E-state index is 12.6. The predicted octanol–water partition coefficient (Wildman–Crippen LogP) is 3.57. The van der Waals surface area contributed by atoms with E-state index in [0.29, 0.717) is 5.78 Å². The van der Waals surface area contributed by atoms with E-state index in [1.165, 1.54) is 0 Å². The maximum Gasteiger partial charge on any atom is 0.234 e. The molecule has 1 saturated heterocycles. The molecule has 1 atom stereocenters. The Kier molecular flexibility index (Phi) is 5.93. The van der Waals surface area contributed by atoms with E-state index >= 15 is 0 Å². The lowest BCUT2D eigenvalue weighted by molar-refractivity contribution is -0.118. The highest BCUT2D eigenvalue weighted by molar-refractivity contribution is 5.95. The van der Waals surface area contributed by atoms with Gasteiger partial charge in [-0.2, -0.15) is 0 Å². The van der Waals surface area contributed by atoms with E-state index in [4.69, 9.17) is 0 Å². The number of nitrogens with zero attached hydrogens (tertiary/aromatic N) is 3. The van der Waals surface area contributed by atoms with Crippen molar-refractivity contribution in [3.8, 4) is 11.3 Å². The fourth-order valence-electron chi connectivity index (χ4n) is 4.12. The minimum Gasteiger partial charge on any atom is -0.326 e. The Morgan fingerprint density at radius 2 is 1.93 bits per heavy atom.